The summed E-state index contributed by atoms with van der Waals surface area (Å²) < 4.78 is 2.07. The van der Waals surface area contributed by atoms with Crippen LogP contribution in [0.3, 0.4) is 0 Å². The van der Waals surface area contributed by atoms with Gasteiger partial charge in [0.15, 0.2) is 0 Å². The zero-order chi connectivity index (χ0) is 24.5. The van der Waals surface area contributed by atoms with E-state index in [1.807, 2.05) is 41.7 Å². The normalized spacial score (nSPS) is 15.2. The van der Waals surface area contributed by atoms with Gasteiger partial charge in [0, 0.05) is 41.1 Å². The number of phenols is 1. The van der Waals surface area contributed by atoms with Crippen molar-refractivity contribution in [3.8, 4) is 11.4 Å². The van der Waals surface area contributed by atoms with Crippen molar-refractivity contribution in [3.63, 3.8) is 0 Å². The first kappa shape index (κ1) is 23.2. The van der Waals surface area contributed by atoms with Crippen molar-refractivity contribution >= 4 is 17.5 Å². The Balaban J connectivity index is 1.43. The lowest BCUT2D eigenvalue weighted by molar-refractivity contribution is -0.133. The molecule has 1 N–H and O–H groups in total. The van der Waals surface area contributed by atoms with Crippen LogP contribution in [0.5, 0.6) is 5.75 Å². The minimum atomic E-state index is -0.380. The average molecular weight is 486 g/mol. The number of benzene rings is 3. The van der Waals surface area contributed by atoms with Gasteiger partial charge in [0.2, 0.25) is 5.91 Å². The molecule has 1 unspecified atom stereocenters. The standard InChI is InChI=1S/C29H28ClN3O2/c1-19-6-5-9-26(20(19)2)33-18-31-17-23(33)11-13-28(35)32-15-14-21-7-3-4-8-24(21)29(32)25-16-22(30)10-12-27(25)34/h3-10,12,16-18,29,34H,11,13-15H2,1-2H3. The molecular weight excluding hydrogens is 458 g/mol. The van der Waals surface area contributed by atoms with E-state index < -0.39 is 0 Å². The largest absolute Gasteiger partial charge is 0.508 e. The third-order valence-electron chi connectivity index (χ3n) is 7.03. The Bertz CT molecular complexity index is 1390. The molecule has 1 amide bonds. The summed E-state index contributed by atoms with van der Waals surface area (Å²) in [7, 11) is 0. The molecule has 0 saturated carbocycles. The number of carbonyl (C=O) groups excluding carboxylic acids is 1. The van der Waals surface area contributed by atoms with Crippen LogP contribution < -0.4 is 0 Å². The van der Waals surface area contributed by atoms with Gasteiger partial charge in [-0.25, -0.2) is 4.98 Å². The van der Waals surface area contributed by atoms with Gasteiger partial charge < -0.3 is 14.6 Å². The summed E-state index contributed by atoms with van der Waals surface area (Å²) in [4.78, 5) is 19.9. The van der Waals surface area contributed by atoms with Crippen molar-refractivity contribution in [2.45, 2.75) is 39.2 Å². The molecule has 178 valence electrons. The number of aryl methyl sites for hydroxylation is 2. The lowest BCUT2D eigenvalue weighted by Crippen LogP contribution is -2.40. The number of aromatic nitrogens is 2. The van der Waals surface area contributed by atoms with Gasteiger partial charge in [-0.1, -0.05) is 48.0 Å². The SMILES string of the molecule is Cc1cccc(-n2cncc2CCC(=O)N2CCc3ccccc3C2c2cc(Cl)ccc2O)c1C. The minimum absolute atomic E-state index is 0.0394. The Morgan fingerprint density at radius 3 is 2.77 bits per heavy atom. The summed E-state index contributed by atoms with van der Waals surface area (Å²) in [5, 5.41) is 11.2. The molecule has 1 aliphatic heterocycles. The molecule has 4 aromatic rings. The van der Waals surface area contributed by atoms with Gasteiger partial charge in [-0.15, -0.1) is 0 Å². The van der Waals surface area contributed by atoms with Gasteiger partial charge in [-0.2, -0.15) is 0 Å². The zero-order valence-corrected chi connectivity index (χ0v) is 20.7. The first-order valence-electron chi connectivity index (χ1n) is 11.9. The highest BCUT2D eigenvalue weighted by atomic mass is 35.5. The molecule has 0 aliphatic carbocycles. The van der Waals surface area contributed by atoms with Gasteiger partial charge >= 0.3 is 0 Å². The van der Waals surface area contributed by atoms with Crippen LogP contribution in [0.25, 0.3) is 5.69 Å². The van der Waals surface area contributed by atoms with Crippen LogP contribution in [-0.4, -0.2) is 32.0 Å². The molecule has 0 fully saturated rings. The van der Waals surface area contributed by atoms with Gasteiger partial charge in [0.1, 0.15) is 5.75 Å². The van der Waals surface area contributed by atoms with Crippen molar-refractivity contribution in [2.24, 2.45) is 0 Å². The quantitative estimate of drug-likeness (QED) is 0.379. The monoisotopic (exact) mass is 485 g/mol. The van der Waals surface area contributed by atoms with Crippen molar-refractivity contribution < 1.29 is 9.90 Å². The molecule has 1 atom stereocenters. The molecule has 1 aromatic heterocycles. The molecule has 5 nitrogen and oxygen atoms in total. The fraction of sp³-hybridized carbons (Fsp3) is 0.241. The Kier molecular flexibility index (Phi) is 6.35. The number of halogens is 1. The van der Waals surface area contributed by atoms with Crippen LogP contribution in [0, 0.1) is 13.8 Å². The number of aromatic hydroxyl groups is 1. The Labute approximate surface area is 210 Å². The summed E-state index contributed by atoms with van der Waals surface area (Å²) in [6.07, 6.45) is 5.34. The molecule has 2 heterocycles. The number of hydrogen-bond donors (Lipinski definition) is 1. The smallest absolute Gasteiger partial charge is 0.223 e. The van der Waals surface area contributed by atoms with E-state index in [0.29, 0.717) is 30.0 Å². The highest BCUT2D eigenvalue weighted by Gasteiger charge is 2.33. The maximum atomic E-state index is 13.6. The molecule has 0 bridgehead atoms. The molecule has 35 heavy (non-hydrogen) atoms. The fourth-order valence-electron chi connectivity index (χ4n) is 5.01. The summed E-state index contributed by atoms with van der Waals surface area (Å²) >= 11 is 6.29. The van der Waals surface area contributed by atoms with Gasteiger partial charge in [-0.05, 0) is 73.2 Å². The zero-order valence-electron chi connectivity index (χ0n) is 19.9. The highest BCUT2D eigenvalue weighted by molar-refractivity contribution is 6.30. The summed E-state index contributed by atoms with van der Waals surface area (Å²) in [6.45, 7) is 4.79. The van der Waals surface area contributed by atoms with Crippen LogP contribution in [0.1, 0.15) is 46.0 Å². The van der Waals surface area contributed by atoms with E-state index in [4.69, 9.17) is 11.6 Å². The van der Waals surface area contributed by atoms with E-state index in [2.05, 4.69) is 41.6 Å². The number of nitrogens with zero attached hydrogens (tertiary/aromatic N) is 3. The molecule has 6 heteroatoms. The maximum Gasteiger partial charge on any atom is 0.223 e. The number of carbonyl (C=O) groups is 1. The average Bonchev–Trinajstić information content (AvgIpc) is 3.33. The van der Waals surface area contributed by atoms with E-state index in [0.717, 1.165) is 23.4 Å². The fourth-order valence-corrected chi connectivity index (χ4v) is 5.20. The Hall–Kier alpha value is -3.57. The van der Waals surface area contributed by atoms with Crippen molar-refractivity contribution in [3.05, 3.63) is 112 Å². The number of amides is 1. The first-order valence-corrected chi connectivity index (χ1v) is 12.3. The molecule has 0 spiro atoms. The van der Waals surface area contributed by atoms with Crippen molar-refractivity contribution in [2.75, 3.05) is 6.54 Å². The van der Waals surface area contributed by atoms with Crippen LogP contribution in [-0.2, 0) is 17.6 Å². The predicted molar refractivity (Wildman–Crippen MR) is 138 cm³/mol. The summed E-state index contributed by atoms with van der Waals surface area (Å²) in [5.74, 6) is 0.180. The van der Waals surface area contributed by atoms with Gasteiger partial charge in [-0.3, -0.25) is 4.79 Å². The second-order valence-corrected chi connectivity index (χ2v) is 9.55. The number of phenolic OH excluding ortho intramolecular Hbond substituents is 1. The highest BCUT2D eigenvalue weighted by Crippen LogP contribution is 2.40. The Morgan fingerprint density at radius 2 is 1.91 bits per heavy atom. The summed E-state index contributed by atoms with van der Waals surface area (Å²) in [5.41, 5.74) is 7.36. The third-order valence-corrected chi connectivity index (χ3v) is 7.27. The topological polar surface area (TPSA) is 58.4 Å². The second kappa shape index (κ2) is 9.59. The molecular formula is C29H28ClN3O2. The third kappa shape index (κ3) is 4.44. The van der Waals surface area contributed by atoms with E-state index in [1.54, 1.807) is 18.2 Å². The molecule has 1 aliphatic rings. The second-order valence-electron chi connectivity index (χ2n) is 9.12. The number of imidazole rings is 1. The first-order chi connectivity index (χ1) is 16.9. The molecule has 0 radical (unpaired) electrons. The lowest BCUT2D eigenvalue weighted by Gasteiger charge is -2.38. The van der Waals surface area contributed by atoms with Crippen LogP contribution in [0.4, 0.5) is 0 Å². The van der Waals surface area contributed by atoms with Crippen LogP contribution >= 0.6 is 11.6 Å². The summed E-state index contributed by atoms with van der Waals surface area (Å²) in [6, 6.07) is 19.0. The maximum absolute atomic E-state index is 13.6. The van der Waals surface area contributed by atoms with Gasteiger partial charge in [0.05, 0.1) is 12.4 Å². The predicted octanol–water partition coefficient (Wildman–Crippen LogP) is 5.96. The minimum Gasteiger partial charge on any atom is -0.508 e. The molecule has 0 saturated heterocycles. The van der Waals surface area contributed by atoms with Crippen LogP contribution in [0.2, 0.25) is 5.02 Å². The van der Waals surface area contributed by atoms with E-state index in [1.165, 1.54) is 16.7 Å². The van der Waals surface area contributed by atoms with E-state index in [-0.39, 0.29) is 17.7 Å². The number of hydrogen-bond acceptors (Lipinski definition) is 3. The lowest BCUT2D eigenvalue weighted by atomic mass is 9.87. The molecule has 3 aromatic carbocycles. The molecule has 5 rings (SSSR count). The van der Waals surface area contributed by atoms with E-state index in [9.17, 15) is 9.90 Å². The van der Waals surface area contributed by atoms with Crippen molar-refractivity contribution in [1.29, 1.82) is 0 Å². The number of fused-ring (bicyclic) bond motifs is 1. The Morgan fingerprint density at radius 1 is 1.09 bits per heavy atom. The number of rotatable bonds is 5. The van der Waals surface area contributed by atoms with E-state index >= 15 is 0 Å². The van der Waals surface area contributed by atoms with Gasteiger partial charge in [0.25, 0.3) is 0 Å². The van der Waals surface area contributed by atoms with Crippen LogP contribution in [0.15, 0.2) is 73.2 Å². The van der Waals surface area contributed by atoms with Crippen molar-refractivity contribution in [1.82, 2.24) is 14.5 Å².